The maximum atomic E-state index is 11.7. The first kappa shape index (κ1) is 11.4. The van der Waals surface area contributed by atoms with E-state index in [1.54, 1.807) is 14.0 Å². The van der Waals surface area contributed by atoms with E-state index in [1.165, 1.54) is 4.90 Å². The van der Waals surface area contributed by atoms with E-state index in [0.29, 0.717) is 6.54 Å². The molecule has 2 N–H and O–H groups in total. The summed E-state index contributed by atoms with van der Waals surface area (Å²) in [7, 11) is 1.62. The fourth-order valence-electron chi connectivity index (χ4n) is 1.02. The first-order valence-corrected chi connectivity index (χ1v) is 5.10. The highest BCUT2D eigenvalue weighted by atomic mass is 32.1. The number of carbonyl (C=O) groups excluding carboxylic acids is 1. The van der Waals surface area contributed by atoms with Crippen molar-refractivity contribution in [2.24, 2.45) is 5.92 Å². The number of anilines is 1. The lowest BCUT2D eigenvalue weighted by atomic mass is 10.2. The van der Waals surface area contributed by atoms with Crippen molar-refractivity contribution in [2.75, 3.05) is 19.3 Å². The molecular formula is C8H11N5OS. The van der Waals surface area contributed by atoms with Gasteiger partial charge >= 0.3 is 0 Å². The number of nitrogens with two attached hydrogens (primary N) is 1. The van der Waals surface area contributed by atoms with Gasteiger partial charge in [-0.3, -0.25) is 4.79 Å². The zero-order chi connectivity index (χ0) is 11.4. The summed E-state index contributed by atoms with van der Waals surface area (Å²) in [5, 5.41) is 16.3. The molecule has 0 saturated carbocycles. The second-order valence-electron chi connectivity index (χ2n) is 3.16. The molecule has 80 valence electrons. The molecule has 1 atom stereocenters. The minimum absolute atomic E-state index is 0.204. The van der Waals surface area contributed by atoms with Crippen LogP contribution in [-0.4, -0.2) is 34.6 Å². The van der Waals surface area contributed by atoms with Crippen LogP contribution in [0.25, 0.3) is 0 Å². The van der Waals surface area contributed by atoms with E-state index in [9.17, 15) is 4.79 Å². The summed E-state index contributed by atoms with van der Waals surface area (Å²) in [5.41, 5.74) is 5.37. The molecule has 0 radical (unpaired) electrons. The van der Waals surface area contributed by atoms with E-state index < -0.39 is 0 Å². The Labute approximate surface area is 91.3 Å². The molecule has 0 fully saturated rings. The topological polar surface area (TPSA) is 95.9 Å². The highest BCUT2D eigenvalue weighted by molar-refractivity contribution is 7.16. The van der Waals surface area contributed by atoms with Gasteiger partial charge in [0, 0.05) is 13.6 Å². The predicted molar refractivity (Wildman–Crippen MR) is 56.1 cm³/mol. The highest BCUT2D eigenvalue weighted by Gasteiger charge is 2.17. The van der Waals surface area contributed by atoms with Crippen LogP contribution in [0.4, 0.5) is 5.13 Å². The highest BCUT2D eigenvalue weighted by Crippen LogP contribution is 2.13. The third-order valence-corrected chi connectivity index (χ3v) is 2.48. The molecule has 7 heteroatoms. The Morgan fingerprint density at radius 1 is 1.73 bits per heavy atom. The third-order valence-electron chi connectivity index (χ3n) is 1.74. The molecule has 6 nitrogen and oxygen atoms in total. The quantitative estimate of drug-likeness (QED) is 0.800. The number of nitriles is 1. The van der Waals surface area contributed by atoms with Crippen molar-refractivity contribution in [2.45, 2.75) is 6.92 Å². The smallest absolute Gasteiger partial charge is 0.284 e. The van der Waals surface area contributed by atoms with E-state index in [0.717, 1.165) is 11.3 Å². The number of rotatable bonds is 3. The van der Waals surface area contributed by atoms with Gasteiger partial charge in [-0.15, -0.1) is 10.2 Å². The number of carbonyl (C=O) groups is 1. The van der Waals surface area contributed by atoms with E-state index in [4.69, 9.17) is 11.0 Å². The molecule has 1 aromatic heterocycles. The second-order valence-corrected chi connectivity index (χ2v) is 4.17. The van der Waals surface area contributed by atoms with Crippen molar-refractivity contribution in [3.8, 4) is 6.07 Å². The number of amides is 1. The van der Waals surface area contributed by atoms with Crippen LogP contribution in [0.15, 0.2) is 0 Å². The van der Waals surface area contributed by atoms with E-state index in [2.05, 4.69) is 16.3 Å². The summed E-state index contributed by atoms with van der Waals surface area (Å²) in [6.45, 7) is 2.12. The average molecular weight is 225 g/mol. The zero-order valence-electron chi connectivity index (χ0n) is 8.47. The summed E-state index contributed by atoms with van der Waals surface area (Å²) < 4.78 is 0. The Morgan fingerprint density at radius 3 is 2.87 bits per heavy atom. The Morgan fingerprint density at radius 2 is 2.40 bits per heavy atom. The second kappa shape index (κ2) is 4.70. The van der Waals surface area contributed by atoms with Gasteiger partial charge in [0.25, 0.3) is 5.91 Å². The van der Waals surface area contributed by atoms with Crippen LogP contribution in [0.1, 0.15) is 16.7 Å². The minimum atomic E-state index is -0.258. The number of aromatic nitrogens is 2. The van der Waals surface area contributed by atoms with Crippen LogP contribution in [0.5, 0.6) is 0 Å². The Kier molecular flexibility index (Phi) is 3.57. The van der Waals surface area contributed by atoms with Gasteiger partial charge in [0.1, 0.15) is 0 Å². The lowest BCUT2D eigenvalue weighted by molar-refractivity contribution is 0.0784. The van der Waals surface area contributed by atoms with Crippen LogP contribution in [-0.2, 0) is 0 Å². The summed E-state index contributed by atoms with van der Waals surface area (Å²) in [6.07, 6.45) is 0. The summed E-state index contributed by atoms with van der Waals surface area (Å²) in [5.74, 6) is -0.462. The van der Waals surface area contributed by atoms with Crippen LogP contribution in [0.2, 0.25) is 0 Å². The monoisotopic (exact) mass is 225 g/mol. The molecule has 0 saturated heterocycles. The van der Waals surface area contributed by atoms with Gasteiger partial charge in [0.2, 0.25) is 10.1 Å². The van der Waals surface area contributed by atoms with Crippen LogP contribution in [0, 0.1) is 17.2 Å². The molecule has 0 aromatic carbocycles. The first-order chi connectivity index (χ1) is 7.04. The molecule has 0 aliphatic carbocycles. The average Bonchev–Trinajstić information content (AvgIpc) is 2.63. The lowest BCUT2D eigenvalue weighted by Crippen LogP contribution is -2.30. The molecule has 0 aliphatic heterocycles. The first-order valence-electron chi connectivity index (χ1n) is 4.28. The summed E-state index contributed by atoms with van der Waals surface area (Å²) in [4.78, 5) is 13.1. The third kappa shape index (κ3) is 2.89. The molecule has 1 unspecified atom stereocenters. The predicted octanol–water partition coefficient (Wildman–Crippen LogP) is 0.352. The normalized spacial score (nSPS) is 11.8. The van der Waals surface area contributed by atoms with E-state index in [-0.39, 0.29) is 22.0 Å². The van der Waals surface area contributed by atoms with E-state index >= 15 is 0 Å². The molecule has 1 aromatic rings. The largest absolute Gasteiger partial charge is 0.374 e. The minimum Gasteiger partial charge on any atom is -0.374 e. The number of nitrogens with zero attached hydrogens (tertiary/aromatic N) is 4. The van der Waals surface area contributed by atoms with Crippen molar-refractivity contribution in [3.05, 3.63) is 5.01 Å². The Hall–Kier alpha value is -1.68. The maximum absolute atomic E-state index is 11.7. The fraction of sp³-hybridized carbons (Fsp3) is 0.500. The van der Waals surface area contributed by atoms with Crippen molar-refractivity contribution in [3.63, 3.8) is 0 Å². The Bertz CT molecular complexity index is 396. The molecular weight excluding hydrogens is 214 g/mol. The molecule has 0 spiro atoms. The van der Waals surface area contributed by atoms with Crippen LogP contribution >= 0.6 is 11.3 Å². The molecule has 0 aliphatic rings. The van der Waals surface area contributed by atoms with Crippen molar-refractivity contribution >= 4 is 22.4 Å². The number of nitrogen functional groups attached to an aromatic ring is 1. The summed E-state index contributed by atoms with van der Waals surface area (Å²) in [6, 6.07) is 2.06. The zero-order valence-corrected chi connectivity index (χ0v) is 9.28. The lowest BCUT2D eigenvalue weighted by Gasteiger charge is -2.16. The SMILES string of the molecule is CC(C#N)CN(C)C(=O)c1nnc(N)s1. The van der Waals surface area contributed by atoms with Gasteiger partial charge in [0.05, 0.1) is 12.0 Å². The van der Waals surface area contributed by atoms with Gasteiger partial charge in [-0.2, -0.15) is 5.26 Å². The standard InChI is InChI=1S/C8H11N5OS/c1-5(3-9)4-13(2)7(14)6-11-12-8(10)15-6/h5H,4H2,1-2H3,(H2,10,12). The van der Waals surface area contributed by atoms with Gasteiger partial charge in [-0.25, -0.2) is 0 Å². The number of hydrogen-bond acceptors (Lipinski definition) is 6. The Balaban J connectivity index is 2.65. The molecule has 1 amide bonds. The number of hydrogen-bond donors (Lipinski definition) is 1. The maximum Gasteiger partial charge on any atom is 0.284 e. The van der Waals surface area contributed by atoms with E-state index in [1.807, 2.05) is 0 Å². The van der Waals surface area contributed by atoms with Crippen LogP contribution < -0.4 is 5.73 Å². The summed E-state index contributed by atoms with van der Waals surface area (Å²) >= 11 is 1.04. The van der Waals surface area contributed by atoms with Gasteiger partial charge in [-0.05, 0) is 6.92 Å². The fourth-order valence-corrected chi connectivity index (χ4v) is 1.62. The van der Waals surface area contributed by atoms with Crippen molar-refractivity contribution in [1.29, 1.82) is 5.26 Å². The van der Waals surface area contributed by atoms with Crippen molar-refractivity contribution < 1.29 is 4.79 Å². The molecule has 15 heavy (non-hydrogen) atoms. The molecule has 1 heterocycles. The molecule has 0 bridgehead atoms. The molecule has 1 rings (SSSR count). The van der Waals surface area contributed by atoms with Crippen molar-refractivity contribution in [1.82, 2.24) is 15.1 Å². The van der Waals surface area contributed by atoms with Gasteiger partial charge in [-0.1, -0.05) is 11.3 Å². The van der Waals surface area contributed by atoms with Crippen LogP contribution in [0.3, 0.4) is 0 Å². The van der Waals surface area contributed by atoms with Gasteiger partial charge < -0.3 is 10.6 Å². The van der Waals surface area contributed by atoms with Gasteiger partial charge in [0.15, 0.2) is 0 Å².